The molecule has 5 nitrogen and oxygen atoms in total. The number of aromatic nitrogens is 2. The van der Waals surface area contributed by atoms with Gasteiger partial charge in [-0.1, -0.05) is 90.1 Å². The van der Waals surface area contributed by atoms with Crippen molar-refractivity contribution in [3.8, 4) is 57.0 Å². The maximum atomic E-state index is 6.74. The van der Waals surface area contributed by atoms with Crippen LogP contribution in [0.3, 0.4) is 0 Å². The normalized spacial score (nSPS) is 13.1. The number of nitrogens with zero attached hydrogens (tertiary/aromatic N) is 2. The fourth-order valence-corrected chi connectivity index (χ4v) is 7.42. The highest BCUT2D eigenvalue weighted by Gasteiger charge is 2.41. The molecule has 0 bridgehead atoms. The van der Waals surface area contributed by atoms with Crippen molar-refractivity contribution in [1.29, 1.82) is 0 Å². The topological polar surface area (TPSA) is 53.5 Å². The summed E-state index contributed by atoms with van der Waals surface area (Å²) >= 11 is 0. The highest BCUT2D eigenvalue weighted by atomic mass is 16.5. The van der Waals surface area contributed by atoms with Crippen LogP contribution in [0.1, 0.15) is 52.7 Å². The van der Waals surface area contributed by atoms with Gasteiger partial charge in [0.1, 0.15) is 28.7 Å². The minimum absolute atomic E-state index is 0.0243. The van der Waals surface area contributed by atoms with E-state index in [1.807, 2.05) is 36.7 Å². The van der Waals surface area contributed by atoms with Gasteiger partial charge in [-0.25, -0.2) is 4.98 Å². The van der Waals surface area contributed by atoms with Crippen LogP contribution < -0.4 is 30.6 Å². The van der Waals surface area contributed by atoms with E-state index in [0.717, 1.165) is 67.3 Å². The average Bonchev–Trinajstić information content (AvgIpc) is 3.13. The van der Waals surface area contributed by atoms with Crippen LogP contribution in [0.15, 0.2) is 128 Å². The summed E-state index contributed by atoms with van der Waals surface area (Å²) in [6.45, 7) is 13.1. The molecular weight excluding hydrogens is 639 g/mol. The van der Waals surface area contributed by atoms with Gasteiger partial charge in [0, 0.05) is 23.9 Å². The van der Waals surface area contributed by atoms with E-state index in [9.17, 15) is 0 Å². The molecule has 0 fully saturated rings. The van der Waals surface area contributed by atoms with Crippen LogP contribution in [0.4, 0.5) is 0 Å². The summed E-state index contributed by atoms with van der Waals surface area (Å²) < 4.78 is 19.9. The minimum Gasteiger partial charge on any atom is -0.458 e. The molecule has 0 saturated heterocycles. The molecular formula is C46H39BN2O3. The van der Waals surface area contributed by atoms with Crippen molar-refractivity contribution in [2.45, 2.75) is 52.4 Å². The number of pyridine rings is 2. The van der Waals surface area contributed by atoms with Gasteiger partial charge in [0.15, 0.2) is 0 Å². The third kappa shape index (κ3) is 5.59. The van der Waals surface area contributed by atoms with Crippen molar-refractivity contribution in [1.82, 2.24) is 9.97 Å². The van der Waals surface area contributed by atoms with Gasteiger partial charge in [-0.2, -0.15) is 0 Å². The smallest absolute Gasteiger partial charge is 0.260 e. The fraction of sp³-hybridized carbons (Fsp3) is 0.174. The minimum atomic E-state index is -0.148. The van der Waals surface area contributed by atoms with E-state index >= 15 is 0 Å². The molecule has 0 unspecified atom stereocenters. The molecule has 0 atom stereocenters. The van der Waals surface area contributed by atoms with E-state index in [-0.39, 0.29) is 17.5 Å². The van der Waals surface area contributed by atoms with Crippen LogP contribution in [0.5, 0.6) is 34.6 Å². The molecule has 9 rings (SSSR count). The van der Waals surface area contributed by atoms with Crippen molar-refractivity contribution < 1.29 is 14.2 Å². The lowest BCUT2D eigenvalue weighted by Crippen LogP contribution is -2.57. The van der Waals surface area contributed by atoms with Crippen LogP contribution in [0, 0.1) is 0 Å². The van der Waals surface area contributed by atoms with Crippen LogP contribution in [-0.2, 0) is 10.8 Å². The summed E-state index contributed by atoms with van der Waals surface area (Å²) in [6.07, 6.45) is 3.71. The molecule has 52 heavy (non-hydrogen) atoms. The largest absolute Gasteiger partial charge is 0.458 e. The Bertz CT molecular complexity index is 2520. The zero-order valence-corrected chi connectivity index (χ0v) is 30.3. The standard InChI is InChI=1S/C46H39BN2O3/c1-45(2,3)31-19-21-49-43(26-31)50-33-15-17-40-37(27-33)47-36-22-30(14-16-39(36)51-41-24-32(46(4,5)6)25-42(52-40)44(41)47)38-23-29(18-20-48-38)35-13-9-11-28-10-7-8-12-34(28)35/h7-27H,1-6H3. The molecule has 0 N–H and O–H groups in total. The summed E-state index contributed by atoms with van der Waals surface area (Å²) in [4.78, 5) is 9.41. The quantitative estimate of drug-likeness (QED) is 0.174. The van der Waals surface area contributed by atoms with Gasteiger partial charge in [-0.15, -0.1) is 0 Å². The van der Waals surface area contributed by atoms with Gasteiger partial charge in [0.2, 0.25) is 5.88 Å². The van der Waals surface area contributed by atoms with Gasteiger partial charge in [-0.3, -0.25) is 4.98 Å². The van der Waals surface area contributed by atoms with Gasteiger partial charge >= 0.3 is 0 Å². The summed E-state index contributed by atoms with van der Waals surface area (Å²) in [5.74, 6) is 4.52. The SMILES string of the molecule is CC(C)(C)c1ccnc(Oc2ccc3c(c2)B2c4cc(-c5cc(-c6cccc7ccccc67)ccn5)ccc4Oc4cc(C(C)(C)C)cc(c42)O3)c1. The molecule has 6 heteroatoms. The molecule has 0 spiro atoms. The first-order valence-corrected chi connectivity index (χ1v) is 17.9. The molecule has 0 aliphatic carbocycles. The van der Waals surface area contributed by atoms with Crippen LogP contribution in [0.2, 0.25) is 0 Å². The number of rotatable bonds is 4. The van der Waals surface area contributed by atoms with Crippen molar-refractivity contribution >= 4 is 33.9 Å². The molecule has 0 radical (unpaired) electrons. The van der Waals surface area contributed by atoms with E-state index in [0.29, 0.717) is 11.6 Å². The first-order chi connectivity index (χ1) is 25.0. The van der Waals surface area contributed by atoms with Crippen molar-refractivity contribution in [2.24, 2.45) is 0 Å². The monoisotopic (exact) mass is 678 g/mol. The molecule has 4 heterocycles. The second kappa shape index (κ2) is 11.8. The maximum Gasteiger partial charge on any atom is 0.260 e. The van der Waals surface area contributed by atoms with Crippen molar-refractivity contribution in [3.05, 3.63) is 139 Å². The molecule has 0 amide bonds. The Morgan fingerprint density at radius 3 is 2.02 bits per heavy atom. The predicted molar refractivity (Wildman–Crippen MR) is 212 cm³/mol. The first kappa shape index (κ1) is 32.1. The predicted octanol–water partition coefficient (Wildman–Crippen LogP) is 10.1. The number of hydrogen-bond donors (Lipinski definition) is 0. The number of fused-ring (bicyclic) bond motifs is 5. The zero-order chi connectivity index (χ0) is 35.8. The molecule has 5 aromatic carbocycles. The van der Waals surface area contributed by atoms with E-state index in [1.54, 1.807) is 0 Å². The second-order valence-corrected chi connectivity index (χ2v) is 15.9. The van der Waals surface area contributed by atoms with Crippen LogP contribution in [0.25, 0.3) is 33.2 Å². The number of benzene rings is 5. The summed E-state index contributed by atoms with van der Waals surface area (Å²) in [5.41, 5.74) is 9.52. The third-order valence-electron chi connectivity index (χ3n) is 10.3. The zero-order valence-electron chi connectivity index (χ0n) is 30.3. The third-order valence-corrected chi connectivity index (χ3v) is 10.3. The van der Waals surface area contributed by atoms with Gasteiger partial charge < -0.3 is 14.2 Å². The summed E-state index contributed by atoms with van der Waals surface area (Å²) in [7, 11) is 0. The first-order valence-electron chi connectivity index (χ1n) is 17.9. The Hall–Kier alpha value is -5.88. The summed E-state index contributed by atoms with van der Waals surface area (Å²) in [6, 6.07) is 40.1. The van der Waals surface area contributed by atoms with Gasteiger partial charge in [0.05, 0.1) is 5.69 Å². The number of ether oxygens (including phenoxy) is 3. The molecule has 2 aliphatic heterocycles. The van der Waals surface area contributed by atoms with Gasteiger partial charge in [-0.05, 0) is 121 Å². The lowest BCUT2D eigenvalue weighted by Gasteiger charge is -2.35. The second-order valence-electron chi connectivity index (χ2n) is 15.9. The Balaban J connectivity index is 1.17. The average molecular weight is 679 g/mol. The maximum absolute atomic E-state index is 6.74. The molecule has 7 aromatic rings. The Kier molecular flexibility index (Phi) is 7.30. The van der Waals surface area contributed by atoms with Crippen molar-refractivity contribution in [2.75, 3.05) is 0 Å². The molecule has 2 aliphatic rings. The highest BCUT2D eigenvalue weighted by Crippen LogP contribution is 2.40. The van der Waals surface area contributed by atoms with E-state index < -0.39 is 0 Å². The number of hydrogen-bond acceptors (Lipinski definition) is 5. The van der Waals surface area contributed by atoms with Crippen LogP contribution in [-0.4, -0.2) is 16.7 Å². The Morgan fingerprint density at radius 2 is 1.25 bits per heavy atom. The van der Waals surface area contributed by atoms with Crippen molar-refractivity contribution in [3.63, 3.8) is 0 Å². The van der Waals surface area contributed by atoms with Gasteiger partial charge in [0.25, 0.3) is 6.71 Å². The lowest BCUT2D eigenvalue weighted by molar-refractivity contribution is 0.449. The molecule has 0 saturated carbocycles. The molecule has 2 aromatic heterocycles. The van der Waals surface area contributed by atoms with E-state index in [4.69, 9.17) is 19.2 Å². The lowest BCUT2D eigenvalue weighted by atomic mass is 9.34. The highest BCUT2D eigenvalue weighted by molar-refractivity contribution is 6.98. The van der Waals surface area contributed by atoms with Crippen LogP contribution >= 0.6 is 0 Å². The Morgan fingerprint density at radius 1 is 0.558 bits per heavy atom. The fourth-order valence-electron chi connectivity index (χ4n) is 7.42. The van der Waals surface area contributed by atoms with E-state index in [2.05, 4.69) is 138 Å². The van der Waals surface area contributed by atoms with E-state index in [1.165, 1.54) is 16.3 Å². The summed E-state index contributed by atoms with van der Waals surface area (Å²) in [5, 5.41) is 2.43. The molecule has 254 valence electrons. The Labute approximate surface area is 305 Å².